The number of ether oxygens (including phenoxy) is 2. The van der Waals surface area contributed by atoms with Crippen molar-refractivity contribution in [2.45, 2.75) is 12.8 Å². The van der Waals surface area contributed by atoms with Crippen molar-refractivity contribution in [1.82, 2.24) is 4.98 Å². The van der Waals surface area contributed by atoms with Crippen LogP contribution in [0.2, 0.25) is 0 Å². The lowest BCUT2D eigenvalue weighted by molar-refractivity contribution is -0.140. The predicted octanol–water partition coefficient (Wildman–Crippen LogP) is 1.41. The number of carbonyl (C=O) groups excluding carboxylic acids is 1. The van der Waals surface area contributed by atoms with Gasteiger partial charge in [0, 0.05) is 12.6 Å². The third kappa shape index (κ3) is 3.89. The summed E-state index contributed by atoms with van der Waals surface area (Å²) in [7, 11) is 1.38. The number of hydrogen-bond donors (Lipinski definition) is 0. The van der Waals surface area contributed by atoms with Crippen LogP contribution in [0.15, 0.2) is 24.5 Å². The van der Waals surface area contributed by atoms with Crippen LogP contribution in [0.3, 0.4) is 0 Å². The summed E-state index contributed by atoms with van der Waals surface area (Å²) >= 11 is 0. The van der Waals surface area contributed by atoms with Gasteiger partial charge in [-0.3, -0.25) is 9.78 Å². The van der Waals surface area contributed by atoms with Crippen molar-refractivity contribution in [3.05, 3.63) is 24.5 Å². The highest BCUT2D eigenvalue weighted by atomic mass is 16.5. The first-order chi connectivity index (χ1) is 6.83. The van der Waals surface area contributed by atoms with Crippen molar-refractivity contribution in [2.75, 3.05) is 13.7 Å². The third-order valence-corrected chi connectivity index (χ3v) is 1.66. The van der Waals surface area contributed by atoms with Gasteiger partial charge in [0.15, 0.2) is 0 Å². The summed E-state index contributed by atoms with van der Waals surface area (Å²) in [5.74, 6) is 0.511. The molecule has 4 heteroatoms. The van der Waals surface area contributed by atoms with Crippen molar-refractivity contribution >= 4 is 5.97 Å². The first-order valence-corrected chi connectivity index (χ1v) is 4.42. The molecule has 0 saturated carbocycles. The van der Waals surface area contributed by atoms with Gasteiger partial charge in [-0.25, -0.2) is 0 Å². The lowest BCUT2D eigenvalue weighted by Gasteiger charge is -2.03. The number of rotatable bonds is 5. The fraction of sp³-hybridized carbons (Fsp3) is 0.400. The van der Waals surface area contributed by atoms with Crippen LogP contribution in [0.4, 0.5) is 0 Å². The minimum atomic E-state index is -0.209. The van der Waals surface area contributed by atoms with Gasteiger partial charge in [-0.15, -0.1) is 0 Å². The number of methoxy groups -OCH3 is 1. The zero-order valence-corrected chi connectivity index (χ0v) is 8.10. The van der Waals surface area contributed by atoms with Crippen LogP contribution in [0.25, 0.3) is 0 Å². The van der Waals surface area contributed by atoms with Gasteiger partial charge in [-0.1, -0.05) is 0 Å². The second-order valence-electron chi connectivity index (χ2n) is 2.72. The van der Waals surface area contributed by atoms with Gasteiger partial charge in [-0.2, -0.15) is 0 Å². The van der Waals surface area contributed by atoms with E-state index in [0.29, 0.717) is 19.4 Å². The molecule has 0 fully saturated rings. The highest BCUT2D eigenvalue weighted by molar-refractivity contribution is 5.68. The topological polar surface area (TPSA) is 48.4 Å². The molecule has 0 saturated heterocycles. The Morgan fingerprint density at radius 3 is 3.07 bits per heavy atom. The van der Waals surface area contributed by atoms with Crippen LogP contribution in [0.5, 0.6) is 5.75 Å². The van der Waals surface area contributed by atoms with E-state index in [2.05, 4.69) is 9.72 Å². The van der Waals surface area contributed by atoms with Crippen molar-refractivity contribution in [3.8, 4) is 5.75 Å². The zero-order valence-electron chi connectivity index (χ0n) is 8.10. The summed E-state index contributed by atoms with van der Waals surface area (Å²) in [6.07, 6.45) is 4.36. The molecular weight excluding hydrogens is 182 g/mol. The Kier molecular flexibility index (Phi) is 4.47. The molecule has 4 nitrogen and oxygen atoms in total. The van der Waals surface area contributed by atoms with Crippen LogP contribution in [-0.2, 0) is 9.53 Å². The van der Waals surface area contributed by atoms with Crippen molar-refractivity contribution < 1.29 is 14.3 Å². The average molecular weight is 195 g/mol. The molecule has 14 heavy (non-hydrogen) atoms. The normalized spacial score (nSPS) is 9.50. The Labute approximate surface area is 82.9 Å². The molecule has 1 heterocycles. The number of aromatic nitrogens is 1. The molecule has 1 rings (SSSR count). The second-order valence-corrected chi connectivity index (χ2v) is 2.72. The first-order valence-electron chi connectivity index (χ1n) is 4.42. The van der Waals surface area contributed by atoms with Gasteiger partial charge < -0.3 is 9.47 Å². The molecule has 1 aromatic rings. The van der Waals surface area contributed by atoms with Gasteiger partial charge in [0.2, 0.25) is 0 Å². The molecule has 0 aliphatic rings. The second kappa shape index (κ2) is 5.96. The molecular formula is C10H13NO3. The Morgan fingerprint density at radius 1 is 1.57 bits per heavy atom. The average Bonchev–Trinajstić information content (AvgIpc) is 2.25. The summed E-state index contributed by atoms with van der Waals surface area (Å²) in [4.78, 5) is 14.6. The smallest absolute Gasteiger partial charge is 0.305 e. The highest BCUT2D eigenvalue weighted by Gasteiger charge is 1.99. The Bertz CT molecular complexity index is 274. The van der Waals surface area contributed by atoms with E-state index in [9.17, 15) is 4.79 Å². The third-order valence-electron chi connectivity index (χ3n) is 1.66. The molecule has 0 spiro atoms. The molecule has 76 valence electrons. The largest absolute Gasteiger partial charge is 0.492 e. The monoisotopic (exact) mass is 195 g/mol. The predicted molar refractivity (Wildman–Crippen MR) is 51.0 cm³/mol. The molecule has 0 amide bonds. The van der Waals surface area contributed by atoms with Gasteiger partial charge in [0.25, 0.3) is 0 Å². The van der Waals surface area contributed by atoms with E-state index in [0.717, 1.165) is 5.75 Å². The van der Waals surface area contributed by atoms with E-state index < -0.39 is 0 Å². The van der Waals surface area contributed by atoms with Crippen molar-refractivity contribution in [3.63, 3.8) is 0 Å². The first kappa shape index (κ1) is 10.5. The molecule has 0 aliphatic carbocycles. The zero-order chi connectivity index (χ0) is 10.2. The quantitative estimate of drug-likeness (QED) is 0.526. The number of nitrogens with zero attached hydrogens (tertiary/aromatic N) is 1. The van der Waals surface area contributed by atoms with Crippen LogP contribution >= 0.6 is 0 Å². The Balaban J connectivity index is 2.13. The molecule has 0 aliphatic heterocycles. The molecule has 0 N–H and O–H groups in total. The number of carbonyl (C=O) groups is 1. The number of esters is 1. The lowest BCUT2D eigenvalue weighted by Crippen LogP contribution is -2.04. The van der Waals surface area contributed by atoms with E-state index in [-0.39, 0.29) is 5.97 Å². The van der Waals surface area contributed by atoms with E-state index in [1.165, 1.54) is 7.11 Å². The standard InChI is InChI=1S/C10H13NO3/c1-13-10(12)5-3-7-14-9-4-2-6-11-8-9/h2,4,6,8H,3,5,7H2,1H3. The SMILES string of the molecule is COC(=O)CCCOc1cccnc1. The number of pyridine rings is 1. The van der Waals surface area contributed by atoms with Crippen molar-refractivity contribution in [2.24, 2.45) is 0 Å². The molecule has 0 bridgehead atoms. The molecule has 1 aromatic heterocycles. The van der Waals surface area contributed by atoms with Gasteiger partial charge in [0.1, 0.15) is 5.75 Å². The van der Waals surface area contributed by atoms with Gasteiger partial charge in [-0.05, 0) is 18.6 Å². The summed E-state index contributed by atoms with van der Waals surface area (Å²) in [6.45, 7) is 0.501. The summed E-state index contributed by atoms with van der Waals surface area (Å²) in [5.41, 5.74) is 0. The summed E-state index contributed by atoms with van der Waals surface area (Å²) in [5, 5.41) is 0. The highest BCUT2D eigenvalue weighted by Crippen LogP contribution is 2.06. The summed E-state index contributed by atoms with van der Waals surface area (Å²) in [6, 6.07) is 3.63. The van der Waals surface area contributed by atoms with Gasteiger partial charge >= 0.3 is 5.97 Å². The van der Waals surface area contributed by atoms with E-state index in [1.54, 1.807) is 18.5 Å². The molecule has 0 atom stereocenters. The van der Waals surface area contributed by atoms with Crippen LogP contribution in [-0.4, -0.2) is 24.7 Å². The molecule has 0 unspecified atom stereocenters. The van der Waals surface area contributed by atoms with Crippen LogP contribution in [0, 0.1) is 0 Å². The maximum atomic E-state index is 10.7. The van der Waals surface area contributed by atoms with Crippen molar-refractivity contribution in [1.29, 1.82) is 0 Å². The molecule has 0 aromatic carbocycles. The maximum Gasteiger partial charge on any atom is 0.305 e. The van der Waals surface area contributed by atoms with E-state index in [4.69, 9.17) is 4.74 Å². The summed E-state index contributed by atoms with van der Waals surface area (Å²) < 4.78 is 9.83. The maximum absolute atomic E-state index is 10.7. The van der Waals surface area contributed by atoms with Gasteiger partial charge in [0.05, 0.1) is 19.9 Å². The molecule has 0 radical (unpaired) electrons. The number of hydrogen-bond acceptors (Lipinski definition) is 4. The van der Waals surface area contributed by atoms with E-state index >= 15 is 0 Å². The minimum Gasteiger partial charge on any atom is -0.492 e. The Hall–Kier alpha value is -1.58. The fourth-order valence-corrected chi connectivity index (χ4v) is 0.941. The Morgan fingerprint density at radius 2 is 2.43 bits per heavy atom. The fourth-order valence-electron chi connectivity index (χ4n) is 0.941. The minimum absolute atomic E-state index is 0.209. The van der Waals surface area contributed by atoms with Crippen LogP contribution in [0.1, 0.15) is 12.8 Å². The lowest BCUT2D eigenvalue weighted by atomic mass is 10.3. The van der Waals surface area contributed by atoms with E-state index in [1.807, 2.05) is 6.07 Å². The van der Waals surface area contributed by atoms with Crippen LogP contribution < -0.4 is 4.74 Å².